The molecule has 1 rings (SSSR count). The fraction of sp³-hybridized carbons (Fsp3) is 0.462. The van der Waals surface area contributed by atoms with Gasteiger partial charge < -0.3 is 11.1 Å². The predicted molar refractivity (Wildman–Crippen MR) is 82.2 cm³/mol. The molecule has 18 heavy (non-hydrogen) atoms. The summed E-state index contributed by atoms with van der Waals surface area (Å²) in [4.78, 5) is 11.6. The maximum atomic E-state index is 11.6. The highest BCUT2D eigenvalue weighted by atomic mass is 79.9. The van der Waals surface area contributed by atoms with E-state index in [2.05, 4.69) is 21.2 Å². The van der Waals surface area contributed by atoms with Gasteiger partial charge >= 0.3 is 0 Å². The number of carbonyl (C=O) groups excluding carboxylic acids is 1. The maximum absolute atomic E-state index is 11.6. The van der Waals surface area contributed by atoms with E-state index >= 15 is 0 Å². The Kier molecular flexibility index (Phi) is 10.0. The minimum absolute atomic E-state index is 0. The van der Waals surface area contributed by atoms with Crippen LogP contribution in [0.25, 0.3) is 0 Å². The van der Waals surface area contributed by atoms with E-state index in [1.165, 1.54) is 0 Å². The topological polar surface area (TPSA) is 55.1 Å². The molecule has 0 saturated carbocycles. The highest BCUT2D eigenvalue weighted by molar-refractivity contribution is 9.10. The van der Waals surface area contributed by atoms with Crippen LogP contribution in [0.5, 0.6) is 0 Å². The molecule has 1 aromatic carbocycles. The fourth-order valence-corrected chi connectivity index (χ4v) is 1.80. The van der Waals surface area contributed by atoms with Crippen LogP contribution in [0, 0.1) is 0 Å². The zero-order valence-electron chi connectivity index (χ0n) is 10.3. The molecule has 1 aromatic rings. The van der Waals surface area contributed by atoms with Gasteiger partial charge in [-0.1, -0.05) is 28.8 Å². The van der Waals surface area contributed by atoms with E-state index in [9.17, 15) is 4.79 Å². The molecular weight excluding hydrogens is 316 g/mol. The molecule has 3 nitrogen and oxygen atoms in total. The van der Waals surface area contributed by atoms with E-state index in [4.69, 9.17) is 5.73 Å². The Labute approximate surface area is 123 Å². The van der Waals surface area contributed by atoms with Gasteiger partial charge in [0, 0.05) is 16.6 Å². The number of amides is 1. The number of halogens is 2. The van der Waals surface area contributed by atoms with Crippen molar-refractivity contribution in [2.75, 3.05) is 11.9 Å². The monoisotopic (exact) mass is 334 g/mol. The summed E-state index contributed by atoms with van der Waals surface area (Å²) in [7, 11) is 0. The lowest BCUT2D eigenvalue weighted by Crippen LogP contribution is -2.10. The zero-order valence-corrected chi connectivity index (χ0v) is 12.7. The van der Waals surface area contributed by atoms with Crippen LogP contribution in [0.1, 0.15) is 32.1 Å². The van der Waals surface area contributed by atoms with Crippen molar-refractivity contribution in [3.63, 3.8) is 0 Å². The van der Waals surface area contributed by atoms with Crippen molar-refractivity contribution in [2.45, 2.75) is 32.1 Å². The second kappa shape index (κ2) is 10.4. The smallest absolute Gasteiger partial charge is 0.224 e. The van der Waals surface area contributed by atoms with Gasteiger partial charge in [-0.2, -0.15) is 0 Å². The van der Waals surface area contributed by atoms with Crippen LogP contribution in [-0.2, 0) is 4.79 Å². The number of carbonyl (C=O) groups is 1. The summed E-state index contributed by atoms with van der Waals surface area (Å²) in [6.07, 6.45) is 4.75. The number of hydrogen-bond donors (Lipinski definition) is 2. The Morgan fingerprint density at radius 3 is 2.33 bits per heavy atom. The highest BCUT2D eigenvalue weighted by Crippen LogP contribution is 2.14. The molecule has 0 aromatic heterocycles. The molecule has 0 spiro atoms. The molecule has 0 saturated heterocycles. The van der Waals surface area contributed by atoms with Gasteiger partial charge in [-0.3, -0.25) is 4.79 Å². The first-order valence-electron chi connectivity index (χ1n) is 5.98. The van der Waals surface area contributed by atoms with Gasteiger partial charge in [0.05, 0.1) is 0 Å². The maximum Gasteiger partial charge on any atom is 0.224 e. The van der Waals surface area contributed by atoms with Gasteiger partial charge in [-0.05, 0) is 43.7 Å². The second-order valence-corrected chi connectivity index (χ2v) is 4.92. The Hall–Kier alpha value is -0.580. The van der Waals surface area contributed by atoms with Gasteiger partial charge in [0.1, 0.15) is 0 Å². The fourth-order valence-electron chi connectivity index (χ4n) is 1.54. The van der Waals surface area contributed by atoms with Crippen LogP contribution in [0.15, 0.2) is 28.7 Å². The average molecular weight is 336 g/mol. The summed E-state index contributed by atoms with van der Waals surface area (Å²) in [6.45, 7) is 0.741. The Bertz CT molecular complexity index is 343. The first kappa shape index (κ1) is 17.4. The lowest BCUT2D eigenvalue weighted by Gasteiger charge is -2.05. The van der Waals surface area contributed by atoms with E-state index in [1.807, 2.05) is 24.3 Å². The Morgan fingerprint density at radius 2 is 1.72 bits per heavy atom. The quantitative estimate of drug-likeness (QED) is 0.746. The summed E-state index contributed by atoms with van der Waals surface area (Å²) in [5, 5.41) is 2.88. The van der Waals surface area contributed by atoms with Gasteiger partial charge in [-0.25, -0.2) is 0 Å². The molecule has 0 heterocycles. The minimum atomic E-state index is 0. The average Bonchev–Trinajstić information content (AvgIpc) is 2.32. The van der Waals surface area contributed by atoms with Crippen LogP contribution in [0.3, 0.4) is 0 Å². The molecule has 1 amide bonds. The Morgan fingerprint density at radius 1 is 1.11 bits per heavy atom. The molecule has 0 atom stereocenters. The van der Waals surface area contributed by atoms with Crippen molar-refractivity contribution in [3.05, 3.63) is 28.7 Å². The summed E-state index contributed by atoms with van der Waals surface area (Å²) < 4.78 is 1.01. The predicted octanol–water partition coefficient (Wildman–Crippen LogP) is 3.72. The highest BCUT2D eigenvalue weighted by Gasteiger charge is 2.01. The zero-order chi connectivity index (χ0) is 12.5. The van der Waals surface area contributed by atoms with Crippen molar-refractivity contribution < 1.29 is 4.79 Å². The molecule has 0 aliphatic carbocycles. The van der Waals surface area contributed by atoms with E-state index in [0.717, 1.165) is 42.4 Å². The number of benzene rings is 1. The first-order valence-corrected chi connectivity index (χ1v) is 6.77. The first-order chi connectivity index (χ1) is 8.22. The van der Waals surface area contributed by atoms with E-state index in [1.54, 1.807) is 0 Å². The minimum Gasteiger partial charge on any atom is -0.330 e. The van der Waals surface area contributed by atoms with Crippen molar-refractivity contribution in [1.82, 2.24) is 0 Å². The van der Waals surface area contributed by atoms with Crippen molar-refractivity contribution in [2.24, 2.45) is 5.73 Å². The Balaban J connectivity index is 0.00000289. The molecule has 0 radical (unpaired) electrons. The van der Waals surface area contributed by atoms with Crippen molar-refractivity contribution >= 4 is 39.9 Å². The summed E-state index contributed by atoms with van der Waals surface area (Å²) in [6, 6.07) is 7.60. The van der Waals surface area contributed by atoms with Crippen LogP contribution in [0.2, 0.25) is 0 Å². The third-order valence-corrected chi connectivity index (χ3v) is 3.01. The van der Waals surface area contributed by atoms with Gasteiger partial charge in [0.15, 0.2) is 0 Å². The molecule has 0 unspecified atom stereocenters. The van der Waals surface area contributed by atoms with Crippen molar-refractivity contribution in [3.8, 4) is 0 Å². The molecule has 5 heteroatoms. The summed E-state index contributed by atoms with van der Waals surface area (Å²) in [5.74, 6) is 0.0834. The van der Waals surface area contributed by atoms with Crippen LogP contribution >= 0.6 is 28.3 Å². The second-order valence-electron chi connectivity index (χ2n) is 4.01. The van der Waals surface area contributed by atoms with E-state index < -0.39 is 0 Å². The third-order valence-electron chi connectivity index (χ3n) is 2.49. The number of nitrogens with one attached hydrogen (secondary N) is 1. The molecular formula is C13H20BrClN2O. The number of hydrogen-bond acceptors (Lipinski definition) is 2. The molecule has 3 N–H and O–H groups in total. The van der Waals surface area contributed by atoms with Gasteiger partial charge in [0.2, 0.25) is 5.91 Å². The van der Waals surface area contributed by atoms with Gasteiger partial charge in [0.25, 0.3) is 0 Å². The molecule has 0 fully saturated rings. The van der Waals surface area contributed by atoms with Crippen molar-refractivity contribution in [1.29, 1.82) is 0 Å². The molecule has 0 bridgehead atoms. The third kappa shape index (κ3) is 7.69. The lowest BCUT2D eigenvalue weighted by atomic mass is 10.1. The number of nitrogens with two attached hydrogens (primary N) is 1. The van der Waals surface area contributed by atoms with Gasteiger partial charge in [-0.15, -0.1) is 12.4 Å². The molecule has 0 aliphatic rings. The van der Waals surface area contributed by atoms with Crippen LogP contribution < -0.4 is 11.1 Å². The normalized spacial score (nSPS) is 9.67. The lowest BCUT2D eigenvalue weighted by molar-refractivity contribution is -0.116. The standard InChI is InChI=1S/C13H19BrN2O.ClH/c14-11-6-8-12(9-7-11)16-13(17)5-3-1-2-4-10-15;/h6-9H,1-5,10,15H2,(H,16,17);1H. The SMILES string of the molecule is Cl.NCCCCCCC(=O)Nc1ccc(Br)cc1. The molecule has 102 valence electrons. The largest absolute Gasteiger partial charge is 0.330 e. The van der Waals surface area contributed by atoms with Crippen LogP contribution in [-0.4, -0.2) is 12.5 Å². The number of rotatable bonds is 7. The van der Waals surface area contributed by atoms with E-state index in [-0.39, 0.29) is 18.3 Å². The van der Waals surface area contributed by atoms with Crippen LogP contribution in [0.4, 0.5) is 5.69 Å². The van der Waals surface area contributed by atoms with E-state index in [0.29, 0.717) is 6.42 Å². The summed E-state index contributed by atoms with van der Waals surface area (Å²) in [5.41, 5.74) is 6.25. The molecule has 0 aliphatic heterocycles. The summed E-state index contributed by atoms with van der Waals surface area (Å²) >= 11 is 3.35. The number of anilines is 1. The number of unbranched alkanes of at least 4 members (excludes halogenated alkanes) is 3.